The van der Waals surface area contributed by atoms with Gasteiger partial charge in [0.15, 0.2) is 4.75 Å². The molecular formula is C6H8N2O3. The molecular weight excluding hydrogens is 148 g/mol. The van der Waals surface area contributed by atoms with E-state index in [4.69, 9.17) is 21.7 Å². The van der Waals surface area contributed by atoms with Gasteiger partial charge in [0.2, 0.25) is 0 Å². The van der Waals surface area contributed by atoms with E-state index in [-0.39, 0.29) is 0 Å². The monoisotopic (exact) mass is 156 g/mol. The number of hydrogen-bond donors (Lipinski definition) is 2. The van der Waals surface area contributed by atoms with Crippen LogP contribution in [-0.2, 0) is 0 Å². The number of benzene rings is 1. The highest BCUT2D eigenvalue weighted by Crippen LogP contribution is 2.04. The normalized spacial score (nSPS) is 7.64. The van der Waals surface area contributed by atoms with E-state index in [1.165, 1.54) is 0 Å². The van der Waals surface area contributed by atoms with Gasteiger partial charge in [-0.3, -0.25) is 0 Å². The smallest absolute Gasteiger partial charge is 0.154 e. The minimum atomic E-state index is 0.749. The third-order valence-electron chi connectivity index (χ3n) is 0.936. The summed E-state index contributed by atoms with van der Waals surface area (Å²) >= 11 is 0. The minimum Gasteiger partial charge on any atom is -0.399 e. The Morgan fingerprint density at radius 1 is 1.09 bits per heavy atom. The van der Waals surface area contributed by atoms with E-state index in [0.29, 0.717) is 0 Å². The van der Waals surface area contributed by atoms with E-state index in [9.17, 15) is 0 Å². The number of anilines is 2. The van der Waals surface area contributed by atoms with Crippen molar-refractivity contribution in [3.8, 4) is 0 Å². The molecule has 1 aromatic rings. The third-order valence-corrected chi connectivity index (χ3v) is 0.936. The Morgan fingerprint density at radius 3 is 1.45 bits per heavy atom. The Bertz CT molecular complexity index is 189. The van der Waals surface area contributed by atoms with Gasteiger partial charge in [-0.1, -0.05) is 10.2 Å². The fraction of sp³-hybridized carbons (Fsp3) is 0. The lowest BCUT2D eigenvalue weighted by molar-refractivity contribution is -0.284. The third kappa shape index (κ3) is 4.71. The van der Waals surface area contributed by atoms with Crippen molar-refractivity contribution in [2.24, 2.45) is 0 Å². The standard InChI is InChI=1S/C6H8N2.O3/c7-5-1-2-6(8)4-3-5;1-3-2/h1-4H,7-8H2;. The van der Waals surface area contributed by atoms with Gasteiger partial charge in [0, 0.05) is 11.4 Å². The van der Waals surface area contributed by atoms with Crippen molar-refractivity contribution in [3.05, 3.63) is 34.0 Å². The Balaban J connectivity index is 0.000000292. The summed E-state index contributed by atoms with van der Waals surface area (Å²) in [4.78, 5) is 7.88. The Kier molecular flexibility index (Phi) is 4.22. The second-order valence-electron chi connectivity index (χ2n) is 1.73. The molecule has 5 heteroatoms. The molecule has 1 aromatic carbocycles. The lowest BCUT2D eigenvalue weighted by Crippen LogP contribution is -1.86. The summed E-state index contributed by atoms with van der Waals surface area (Å²) in [6, 6.07) is 7.09. The molecule has 0 aromatic heterocycles. The summed E-state index contributed by atoms with van der Waals surface area (Å²) in [5.74, 6) is 0. The number of hydrogen-bond acceptors (Lipinski definition) is 4. The first-order valence-corrected chi connectivity index (χ1v) is 2.73. The van der Waals surface area contributed by atoms with Crippen LogP contribution in [0.3, 0.4) is 0 Å². The zero-order valence-corrected chi connectivity index (χ0v) is 5.69. The van der Waals surface area contributed by atoms with Gasteiger partial charge in [-0.2, -0.15) is 0 Å². The van der Waals surface area contributed by atoms with Crippen LogP contribution < -0.4 is 16.7 Å². The fourth-order valence-electron chi connectivity index (χ4n) is 0.496. The molecule has 0 spiro atoms. The molecule has 0 unspecified atom stereocenters. The van der Waals surface area contributed by atoms with Crippen LogP contribution in [0.2, 0.25) is 0 Å². The maximum absolute atomic E-state index is 7.88. The van der Waals surface area contributed by atoms with Gasteiger partial charge in [-0.25, -0.2) is 0 Å². The first-order valence-electron chi connectivity index (χ1n) is 2.73. The summed E-state index contributed by atoms with van der Waals surface area (Å²) < 4.78 is 1.75. The zero-order valence-electron chi connectivity index (χ0n) is 5.69. The maximum atomic E-state index is 7.88. The second-order valence-corrected chi connectivity index (χ2v) is 1.73. The van der Waals surface area contributed by atoms with Gasteiger partial charge >= 0.3 is 0 Å². The molecule has 0 saturated heterocycles. The van der Waals surface area contributed by atoms with Crippen molar-refractivity contribution >= 4 is 11.4 Å². The molecule has 60 valence electrons. The molecule has 0 radical (unpaired) electrons. The van der Waals surface area contributed by atoms with Crippen LogP contribution in [0.5, 0.6) is 0 Å². The predicted molar refractivity (Wildman–Crippen MR) is 42.0 cm³/mol. The van der Waals surface area contributed by atoms with Crippen LogP contribution in [-0.4, -0.2) is 0 Å². The molecule has 0 fully saturated rings. The first kappa shape index (κ1) is 9.22. The summed E-state index contributed by atoms with van der Waals surface area (Å²) in [6.45, 7) is 0. The van der Waals surface area contributed by atoms with Crippen LogP contribution in [0.15, 0.2) is 24.3 Å². The van der Waals surface area contributed by atoms with Gasteiger partial charge in [0.05, 0.1) is 0 Å². The van der Waals surface area contributed by atoms with E-state index in [0.717, 1.165) is 11.4 Å². The topological polar surface area (TPSA) is 103 Å². The lowest BCUT2D eigenvalue weighted by atomic mass is 10.3. The lowest BCUT2D eigenvalue weighted by Gasteiger charge is -1.90. The molecule has 0 bridgehead atoms. The van der Waals surface area contributed by atoms with E-state index in [2.05, 4.69) is 0 Å². The van der Waals surface area contributed by atoms with Crippen molar-refractivity contribution in [1.82, 2.24) is 0 Å². The summed E-state index contributed by atoms with van der Waals surface area (Å²) in [7, 11) is 0. The molecule has 0 amide bonds. The van der Waals surface area contributed by atoms with Crippen LogP contribution in [0.4, 0.5) is 11.4 Å². The SMILES string of the molecule is Nc1ccc(N)cc1.O=[O+][O-]. The van der Waals surface area contributed by atoms with Gasteiger partial charge in [-0.05, 0) is 24.3 Å². The quantitative estimate of drug-likeness (QED) is 0.233. The maximum Gasteiger partial charge on any atom is 0.154 e. The number of rotatable bonds is 0. The van der Waals surface area contributed by atoms with Crippen LogP contribution in [0.25, 0.3) is 0 Å². The van der Waals surface area contributed by atoms with Crippen molar-refractivity contribution in [2.45, 2.75) is 0 Å². The van der Waals surface area contributed by atoms with Crippen LogP contribution in [0.1, 0.15) is 0 Å². The highest BCUT2D eigenvalue weighted by atomic mass is 17.2. The van der Waals surface area contributed by atoms with Crippen molar-refractivity contribution < 1.29 is 5.26 Å². The Morgan fingerprint density at radius 2 is 1.27 bits per heavy atom. The van der Waals surface area contributed by atoms with Crippen molar-refractivity contribution in [2.75, 3.05) is 11.5 Å². The largest absolute Gasteiger partial charge is 0.399 e. The molecule has 5 nitrogen and oxygen atoms in total. The highest BCUT2D eigenvalue weighted by Gasteiger charge is 1.80. The molecule has 1 rings (SSSR count). The van der Waals surface area contributed by atoms with Crippen LogP contribution in [0, 0.1) is 9.71 Å². The highest BCUT2D eigenvalue weighted by molar-refractivity contribution is 5.47. The van der Waals surface area contributed by atoms with E-state index >= 15 is 0 Å². The Labute approximate surface area is 63.1 Å². The van der Waals surface area contributed by atoms with Gasteiger partial charge in [0.25, 0.3) is 0 Å². The van der Waals surface area contributed by atoms with Gasteiger partial charge in [-0.15, -0.1) is 0 Å². The predicted octanol–water partition coefficient (Wildman–Crippen LogP) is -0.271. The summed E-state index contributed by atoms with van der Waals surface area (Å²) in [5.41, 5.74) is 12.2. The molecule has 0 aliphatic carbocycles. The summed E-state index contributed by atoms with van der Waals surface area (Å²) in [5, 5.41) is 7.88. The number of nitrogens with two attached hydrogens (primary N) is 2. The molecule has 0 heterocycles. The van der Waals surface area contributed by atoms with E-state index in [1.54, 1.807) is 29.0 Å². The van der Waals surface area contributed by atoms with E-state index in [1.807, 2.05) is 0 Å². The molecule has 11 heavy (non-hydrogen) atoms. The molecule has 0 saturated carbocycles. The zero-order chi connectivity index (χ0) is 8.69. The van der Waals surface area contributed by atoms with Crippen molar-refractivity contribution in [3.63, 3.8) is 0 Å². The number of nitrogen functional groups attached to an aromatic ring is 2. The average Bonchev–Trinajstić information content (AvgIpc) is 1.97. The van der Waals surface area contributed by atoms with Crippen molar-refractivity contribution in [1.29, 1.82) is 0 Å². The van der Waals surface area contributed by atoms with Crippen LogP contribution >= 0.6 is 0 Å². The van der Waals surface area contributed by atoms with Gasteiger partial charge < -0.3 is 11.5 Å². The molecule has 0 aliphatic heterocycles. The van der Waals surface area contributed by atoms with E-state index < -0.39 is 0 Å². The first-order chi connectivity index (χ1) is 5.20. The minimum absolute atomic E-state index is 0.749. The summed E-state index contributed by atoms with van der Waals surface area (Å²) in [6.07, 6.45) is 0. The Hall–Kier alpha value is -1.78. The van der Waals surface area contributed by atoms with Gasteiger partial charge in [0.1, 0.15) is 0 Å². The average molecular weight is 156 g/mol. The second kappa shape index (κ2) is 5.04. The molecule has 0 atom stereocenters. The fourth-order valence-corrected chi connectivity index (χ4v) is 0.496. The molecule has 4 N–H and O–H groups in total. The molecule has 0 aliphatic rings.